The summed E-state index contributed by atoms with van der Waals surface area (Å²) in [5.41, 5.74) is -0.263. The number of nitrogens with zero attached hydrogens (tertiary/aromatic N) is 2. The lowest BCUT2D eigenvalue weighted by Gasteiger charge is -2.11. The standard InChI is InChI=1S/C17H17N3O5S/c1-3-8-19-16(14(10-18)17(22)25-4-2)26-11-15(21)12-6-5-7-13(9-12)20(23)24/h3,5-7,9,19H,1,4,8,11H2,2H3/b16-14-. The van der Waals surface area contributed by atoms with E-state index in [2.05, 4.69) is 11.9 Å². The average molecular weight is 375 g/mol. The number of hydrogen-bond acceptors (Lipinski definition) is 8. The molecule has 1 aromatic rings. The van der Waals surface area contributed by atoms with Crippen LogP contribution in [0, 0.1) is 21.4 Å². The van der Waals surface area contributed by atoms with Crippen molar-refractivity contribution >= 4 is 29.2 Å². The van der Waals surface area contributed by atoms with Gasteiger partial charge in [-0.05, 0) is 6.92 Å². The summed E-state index contributed by atoms with van der Waals surface area (Å²) in [5, 5.41) is 23.0. The highest BCUT2D eigenvalue weighted by Gasteiger charge is 2.19. The van der Waals surface area contributed by atoms with E-state index in [9.17, 15) is 25.0 Å². The van der Waals surface area contributed by atoms with E-state index >= 15 is 0 Å². The molecule has 26 heavy (non-hydrogen) atoms. The largest absolute Gasteiger partial charge is 0.462 e. The number of esters is 1. The number of nitro groups is 1. The molecule has 0 amide bonds. The molecule has 0 saturated heterocycles. The van der Waals surface area contributed by atoms with E-state index in [1.165, 1.54) is 30.3 Å². The van der Waals surface area contributed by atoms with Crippen LogP contribution < -0.4 is 5.32 Å². The predicted octanol–water partition coefficient (Wildman–Crippen LogP) is 2.58. The fourth-order valence-electron chi connectivity index (χ4n) is 1.78. The molecule has 0 heterocycles. The van der Waals surface area contributed by atoms with E-state index in [1.54, 1.807) is 13.0 Å². The molecule has 0 aliphatic rings. The van der Waals surface area contributed by atoms with Crippen LogP contribution in [-0.2, 0) is 9.53 Å². The lowest BCUT2D eigenvalue weighted by molar-refractivity contribution is -0.384. The number of non-ortho nitro benzene ring substituents is 1. The molecule has 9 heteroatoms. The van der Waals surface area contributed by atoms with Gasteiger partial charge in [0.25, 0.3) is 5.69 Å². The Labute approximate surface area is 154 Å². The third kappa shape index (κ3) is 6.07. The fourth-order valence-corrected chi connectivity index (χ4v) is 2.68. The zero-order chi connectivity index (χ0) is 19.5. The lowest BCUT2D eigenvalue weighted by atomic mass is 10.1. The van der Waals surface area contributed by atoms with Crippen molar-refractivity contribution < 1.29 is 19.2 Å². The molecule has 0 unspecified atom stereocenters. The number of nitriles is 1. The van der Waals surface area contributed by atoms with E-state index in [0.717, 1.165) is 11.8 Å². The number of ether oxygens (including phenoxy) is 1. The third-order valence-electron chi connectivity index (χ3n) is 2.95. The summed E-state index contributed by atoms with van der Waals surface area (Å²) < 4.78 is 4.83. The van der Waals surface area contributed by atoms with Crippen LogP contribution in [0.3, 0.4) is 0 Å². The molecule has 0 saturated carbocycles. The van der Waals surface area contributed by atoms with Crippen LogP contribution in [0.5, 0.6) is 0 Å². The van der Waals surface area contributed by atoms with Gasteiger partial charge in [0.1, 0.15) is 6.07 Å². The summed E-state index contributed by atoms with van der Waals surface area (Å²) in [7, 11) is 0. The summed E-state index contributed by atoms with van der Waals surface area (Å²) in [6, 6.07) is 7.12. The first kappa shape index (κ1) is 20.9. The van der Waals surface area contributed by atoms with Crippen molar-refractivity contribution in [2.75, 3.05) is 18.9 Å². The average Bonchev–Trinajstić information content (AvgIpc) is 2.64. The van der Waals surface area contributed by atoms with Gasteiger partial charge in [0, 0.05) is 24.2 Å². The van der Waals surface area contributed by atoms with Gasteiger partial charge in [-0.25, -0.2) is 4.79 Å². The highest BCUT2D eigenvalue weighted by molar-refractivity contribution is 8.03. The van der Waals surface area contributed by atoms with Crippen LogP contribution in [0.1, 0.15) is 17.3 Å². The molecule has 0 radical (unpaired) electrons. The minimum Gasteiger partial charge on any atom is -0.462 e. The number of thioether (sulfide) groups is 1. The molecule has 0 aliphatic carbocycles. The number of rotatable bonds is 10. The number of hydrogen-bond donors (Lipinski definition) is 1. The minimum atomic E-state index is -0.795. The van der Waals surface area contributed by atoms with Gasteiger partial charge >= 0.3 is 5.97 Å². The quantitative estimate of drug-likeness (QED) is 0.126. The van der Waals surface area contributed by atoms with Crippen LogP contribution >= 0.6 is 11.8 Å². The molecule has 136 valence electrons. The first-order valence-electron chi connectivity index (χ1n) is 7.51. The number of nitro benzene ring substituents is 1. The molecule has 0 atom stereocenters. The molecule has 1 N–H and O–H groups in total. The highest BCUT2D eigenvalue weighted by Crippen LogP contribution is 2.21. The molecule has 8 nitrogen and oxygen atoms in total. The summed E-state index contributed by atoms with van der Waals surface area (Å²) in [6.07, 6.45) is 1.53. The predicted molar refractivity (Wildman–Crippen MR) is 97.4 cm³/mol. The van der Waals surface area contributed by atoms with Crippen LogP contribution in [0.15, 0.2) is 47.5 Å². The summed E-state index contributed by atoms with van der Waals surface area (Å²) in [4.78, 5) is 34.4. The normalized spacial score (nSPS) is 10.9. The van der Waals surface area contributed by atoms with Crippen molar-refractivity contribution in [3.8, 4) is 6.07 Å². The van der Waals surface area contributed by atoms with Gasteiger partial charge < -0.3 is 10.1 Å². The first-order chi connectivity index (χ1) is 12.4. The van der Waals surface area contributed by atoms with Gasteiger partial charge in [-0.3, -0.25) is 14.9 Å². The van der Waals surface area contributed by atoms with Gasteiger partial charge in [0.05, 0.1) is 22.3 Å². The van der Waals surface area contributed by atoms with Gasteiger partial charge in [-0.2, -0.15) is 5.26 Å². The molecule has 0 aliphatic heterocycles. The number of Topliss-reactive ketones (excluding diaryl/α,β-unsaturated/α-hetero) is 1. The van der Waals surface area contributed by atoms with Gasteiger partial charge in [0.15, 0.2) is 11.4 Å². The Morgan fingerprint density at radius 3 is 2.81 bits per heavy atom. The van der Waals surface area contributed by atoms with Crippen LogP contribution in [-0.4, -0.2) is 35.6 Å². The molecule has 0 bridgehead atoms. The van der Waals surface area contributed by atoms with Crippen molar-refractivity contribution in [1.82, 2.24) is 5.32 Å². The van der Waals surface area contributed by atoms with Crippen LogP contribution in [0.4, 0.5) is 5.69 Å². The Hall–Kier alpha value is -3.12. The van der Waals surface area contributed by atoms with E-state index in [4.69, 9.17) is 4.74 Å². The zero-order valence-electron chi connectivity index (χ0n) is 14.1. The number of ketones is 1. The third-order valence-corrected chi connectivity index (χ3v) is 4.00. The molecular formula is C17H17N3O5S. The number of carbonyl (C=O) groups is 2. The second-order valence-electron chi connectivity index (χ2n) is 4.73. The van der Waals surface area contributed by atoms with Crippen molar-refractivity contribution in [2.45, 2.75) is 6.92 Å². The Balaban J connectivity index is 2.99. The molecule has 0 fully saturated rings. The SMILES string of the molecule is C=CCN/C(SCC(=O)c1cccc([N+](=O)[O-])c1)=C(\C#N)C(=O)OCC. The maximum Gasteiger partial charge on any atom is 0.351 e. The van der Waals surface area contributed by atoms with Crippen LogP contribution in [0.25, 0.3) is 0 Å². The molecular weight excluding hydrogens is 358 g/mol. The van der Waals surface area contributed by atoms with Gasteiger partial charge in [0.2, 0.25) is 0 Å². The fraction of sp³-hybridized carbons (Fsp3) is 0.235. The smallest absolute Gasteiger partial charge is 0.351 e. The first-order valence-corrected chi connectivity index (χ1v) is 8.49. The lowest BCUT2D eigenvalue weighted by Crippen LogP contribution is -2.19. The van der Waals surface area contributed by atoms with E-state index in [1.807, 2.05) is 0 Å². The van der Waals surface area contributed by atoms with E-state index < -0.39 is 10.9 Å². The Morgan fingerprint density at radius 1 is 1.50 bits per heavy atom. The van der Waals surface area contributed by atoms with E-state index in [0.29, 0.717) is 0 Å². The number of benzene rings is 1. The molecule has 0 aromatic heterocycles. The number of carbonyl (C=O) groups excluding carboxylic acids is 2. The monoisotopic (exact) mass is 375 g/mol. The Bertz CT molecular complexity index is 783. The number of nitrogens with one attached hydrogen (secondary N) is 1. The summed E-state index contributed by atoms with van der Waals surface area (Å²) in [6.45, 7) is 5.54. The second-order valence-corrected chi connectivity index (χ2v) is 5.71. The van der Waals surface area contributed by atoms with E-state index in [-0.39, 0.29) is 46.5 Å². The van der Waals surface area contributed by atoms with Crippen molar-refractivity contribution in [3.05, 3.63) is 63.2 Å². The minimum absolute atomic E-state index is 0.107. The second kappa shape index (κ2) is 10.7. The van der Waals surface area contributed by atoms with Crippen molar-refractivity contribution in [3.63, 3.8) is 0 Å². The Morgan fingerprint density at radius 2 is 2.23 bits per heavy atom. The topological polar surface area (TPSA) is 122 Å². The Kier molecular flexibility index (Phi) is 8.60. The highest BCUT2D eigenvalue weighted by atomic mass is 32.2. The van der Waals surface area contributed by atoms with Crippen molar-refractivity contribution in [1.29, 1.82) is 5.26 Å². The zero-order valence-corrected chi connectivity index (χ0v) is 14.9. The molecule has 1 rings (SSSR count). The maximum absolute atomic E-state index is 12.3. The molecule has 1 aromatic carbocycles. The molecule has 0 spiro atoms. The summed E-state index contributed by atoms with van der Waals surface area (Å²) in [5.74, 6) is -1.29. The van der Waals surface area contributed by atoms with Crippen LogP contribution in [0.2, 0.25) is 0 Å². The van der Waals surface area contributed by atoms with Gasteiger partial charge in [-0.1, -0.05) is 30.0 Å². The maximum atomic E-state index is 12.3. The summed E-state index contributed by atoms with van der Waals surface area (Å²) >= 11 is 0.944. The van der Waals surface area contributed by atoms with Crippen molar-refractivity contribution in [2.24, 2.45) is 0 Å². The van der Waals surface area contributed by atoms with Gasteiger partial charge in [-0.15, -0.1) is 6.58 Å².